The third kappa shape index (κ3) is 5.33. The van der Waals surface area contributed by atoms with Gasteiger partial charge in [-0.1, -0.05) is 48.5 Å². The number of rotatable bonds is 8. The van der Waals surface area contributed by atoms with Crippen molar-refractivity contribution in [3.05, 3.63) is 89.0 Å². The van der Waals surface area contributed by atoms with Crippen LogP contribution in [0.1, 0.15) is 39.4 Å². The van der Waals surface area contributed by atoms with Crippen LogP contribution in [0.5, 0.6) is 0 Å². The maximum Gasteiger partial charge on any atom is 0.411 e. The first kappa shape index (κ1) is 24.0. The molecule has 3 aromatic rings. The van der Waals surface area contributed by atoms with Crippen molar-refractivity contribution in [1.82, 2.24) is 5.32 Å². The van der Waals surface area contributed by atoms with E-state index < -0.39 is 24.1 Å². The van der Waals surface area contributed by atoms with Gasteiger partial charge in [0.2, 0.25) is 0 Å². The SMILES string of the molecule is Cc1cc(C(=O)NCCC(O)C(=O)O)ccc1NC(=O)OCC1c2ccccc2-c2ccccc21. The second-order valence-electron chi connectivity index (χ2n) is 8.38. The number of aryl methyl sites for hydroxylation is 1. The fraction of sp³-hybridized carbons (Fsp3) is 0.222. The van der Waals surface area contributed by atoms with Gasteiger partial charge in [-0.2, -0.15) is 0 Å². The van der Waals surface area contributed by atoms with Gasteiger partial charge in [0.1, 0.15) is 6.61 Å². The Morgan fingerprint density at radius 3 is 2.20 bits per heavy atom. The van der Waals surface area contributed by atoms with E-state index in [2.05, 4.69) is 34.9 Å². The monoisotopic (exact) mass is 474 g/mol. The van der Waals surface area contributed by atoms with Gasteiger partial charge in [0.25, 0.3) is 5.91 Å². The number of amides is 2. The molecule has 0 spiro atoms. The first-order valence-corrected chi connectivity index (χ1v) is 11.3. The largest absolute Gasteiger partial charge is 0.479 e. The molecule has 3 aromatic carbocycles. The molecule has 0 saturated heterocycles. The highest BCUT2D eigenvalue weighted by Crippen LogP contribution is 2.44. The summed E-state index contributed by atoms with van der Waals surface area (Å²) in [6.07, 6.45) is -2.21. The molecule has 1 aliphatic rings. The van der Waals surface area contributed by atoms with E-state index >= 15 is 0 Å². The number of fused-ring (bicyclic) bond motifs is 3. The molecule has 2 amide bonds. The highest BCUT2D eigenvalue weighted by atomic mass is 16.5. The molecule has 8 heteroatoms. The maximum absolute atomic E-state index is 12.5. The van der Waals surface area contributed by atoms with Crippen molar-refractivity contribution < 1.29 is 29.3 Å². The second-order valence-corrected chi connectivity index (χ2v) is 8.38. The molecule has 4 N–H and O–H groups in total. The first-order chi connectivity index (χ1) is 16.8. The van der Waals surface area contributed by atoms with Crippen LogP contribution < -0.4 is 10.6 Å². The summed E-state index contributed by atoms with van der Waals surface area (Å²) in [7, 11) is 0. The van der Waals surface area contributed by atoms with Gasteiger partial charge in [0.05, 0.1) is 0 Å². The average Bonchev–Trinajstić information content (AvgIpc) is 3.17. The van der Waals surface area contributed by atoms with Crippen LogP contribution in [0.2, 0.25) is 0 Å². The quantitative estimate of drug-likeness (QED) is 0.392. The topological polar surface area (TPSA) is 125 Å². The van der Waals surface area contributed by atoms with Crippen molar-refractivity contribution in [2.75, 3.05) is 18.5 Å². The van der Waals surface area contributed by atoms with E-state index in [9.17, 15) is 19.5 Å². The zero-order valence-corrected chi connectivity index (χ0v) is 19.2. The zero-order chi connectivity index (χ0) is 24.9. The number of aliphatic carboxylic acids is 1. The smallest absolute Gasteiger partial charge is 0.411 e. The summed E-state index contributed by atoms with van der Waals surface area (Å²) >= 11 is 0. The van der Waals surface area contributed by atoms with E-state index in [1.807, 2.05) is 24.3 Å². The van der Waals surface area contributed by atoms with Gasteiger partial charge in [-0.05, 0) is 52.9 Å². The summed E-state index contributed by atoms with van der Waals surface area (Å²) in [5.74, 6) is -1.78. The summed E-state index contributed by atoms with van der Waals surface area (Å²) in [6.45, 7) is 1.97. The number of nitrogens with one attached hydrogen (secondary N) is 2. The van der Waals surface area contributed by atoms with Crippen LogP contribution in [0, 0.1) is 6.92 Å². The van der Waals surface area contributed by atoms with Gasteiger partial charge >= 0.3 is 12.1 Å². The number of ether oxygens (including phenoxy) is 1. The number of carbonyl (C=O) groups is 3. The zero-order valence-electron chi connectivity index (χ0n) is 19.2. The predicted octanol–water partition coefficient (Wildman–Crippen LogP) is 3.92. The number of hydrogen-bond donors (Lipinski definition) is 4. The number of anilines is 1. The van der Waals surface area contributed by atoms with Crippen LogP contribution >= 0.6 is 0 Å². The Bertz CT molecular complexity index is 1230. The van der Waals surface area contributed by atoms with Crippen LogP contribution in [-0.2, 0) is 9.53 Å². The van der Waals surface area contributed by atoms with E-state index in [0.717, 1.165) is 22.3 Å². The summed E-state index contributed by atoms with van der Waals surface area (Å²) in [5.41, 5.74) is 6.09. The van der Waals surface area contributed by atoms with Crippen LogP contribution in [0.3, 0.4) is 0 Å². The molecule has 0 heterocycles. The number of carbonyl (C=O) groups excluding carboxylic acids is 2. The van der Waals surface area contributed by atoms with Gasteiger partial charge in [-0.15, -0.1) is 0 Å². The van der Waals surface area contributed by atoms with Crippen molar-refractivity contribution >= 4 is 23.7 Å². The number of carboxylic acids is 1. The Morgan fingerprint density at radius 1 is 0.971 bits per heavy atom. The van der Waals surface area contributed by atoms with Gasteiger partial charge < -0.3 is 20.3 Å². The lowest BCUT2D eigenvalue weighted by molar-refractivity contribution is -0.146. The standard InChI is InChI=1S/C27H26N2O6/c1-16-14-17(25(31)28-13-12-24(30)26(32)33)10-11-23(16)29-27(34)35-15-22-20-8-4-2-6-18(20)19-7-3-5-9-21(19)22/h2-11,14,22,24,30H,12-13,15H2,1H3,(H,28,31)(H,29,34)(H,32,33). The lowest BCUT2D eigenvalue weighted by atomic mass is 9.98. The lowest BCUT2D eigenvalue weighted by Gasteiger charge is -2.15. The average molecular weight is 475 g/mol. The van der Waals surface area contributed by atoms with Gasteiger partial charge in [0.15, 0.2) is 6.10 Å². The number of benzene rings is 3. The minimum atomic E-state index is -1.53. The van der Waals surface area contributed by atoms with Gasteiger partial charge in [-0.25, -0.2) is 9.59 Å². The molecule has 1 unspecified atom stereocenters. The van der Waals surface area contributed by atoms with E-state index in [-0.39, 0.29) is 25.5 Å². The molecule has 0 aromatic heterocycles. The van der Waals surface area contributed by atoms with Crippen LogP contribution in [0.25, 0.3) is 11.1 Å². The Kier molecular flexibility index (Phi) is 7.12. The van der Waals surface area contributed by atoms with Crippen LogP contribution in [0.15, 0.2) is 66.7 Å². The highest BCUT2D eigenvalue weighted by Gasteiger charge is 2.29. The molecular weight excluding hydrogens is 448 g/mol. The highest BCUT2D eigenvalue weighted by molar-refractivity contribution is 5.95. The van der Waals surface area contributed by atoms with E-state index in [1.54, 1.807) is 25.1 Å². The molecule has 0 saturated carbocycles. The predicted molar refractivity (Wildman–Crippen MR) is 130 cm³/mol. The minimum Gasteiger partial charge on any atom is -0.479 e. The van der Waals surface area contributed by atoms with E-state index in [1.165, 1.54) is 0 Å². The maximum atomic E-state index is 12.5. The molecule has 4 rings (SSSR count). The second kappa shape index (κ2) is 10.4. The lowest BCUT2D eigenvalue weighted by Crippen LogP contribution is -2.30. The molecule has 0 fully saturated rings. The molecule has 0 aliphatic heterocycles. The molecule has 1 aliphatic carbocycles. The fourth-order valence-electron chi connectivity index (χ4n) is 4.24. The van der Waals surface area contributed by atoms with Gasteiger partial charge in [0, 0.05) is 30.1 Å². The van der Waals surface area contributed by atoms with Crippen molar-refractivity contribution in [1.29, 1.82) is 0 Å². The Balaban J connectivity index is 1.34. The molecule has 0 radical (unpaired) electrons. The van der Waals surface area contributed by atoms with Crippen molar-refractivity contribution in [3.63, 3.8) is 0 Å². The summed E-state index contributed by atoms with van der Waals surface area (Å²) in [6, 6.07) is 21.0. The molecule has 35 heavy (non-hydrogen) atoms. The summed E-state index contributed by atoms with van der Waals surface area (Å²) in [5, 5.41) is 23.3. The minimum absolute atomic E-state index is 0.0189. The van der Waals surface area contributed by atoms with Crippen molar-refractivity contribution in [3.8, 4) is 11.1 Å². The molecule has 0 bridgehead atoms. The summed E-state index contributed by atoms with van der Waals surface area (Å²) < 4.78 is 5.57. The fourth-order valence-corrected chi connectivity index (χ4v) is 4.24. The van der Waals surface area contributed by atoms with E-state index in [0.29, 0.717) is 16.8 Å². The summed E-state index contributed by atoms with van der Waals surface area (Å²) in [4.78, 5) is 35.5. The Morgan fingerprint density at radius 2 is 1.60 bits per heavy atom. The third-order valence-electron chi connectivity index (χ3n) is 6.06. The first-order valence-electron chi connectivity index (χ1n) is 11.3. The number of aliphatic hydroxyl groups excluding tert-OH is 1. The molecule has 180 valence electrons. The van der Waals surface area contributed by atoms with Crippen molar-refractivity contribution in [2.24, 2.45) is 0 Å². The van der Waals surface area contributed by atoms with Crippen LogP contribution in [-0.4, -0.2) is 47.4 Å². The third-order valence-corrected chi connectivity index (χ3v) is 6.06. The van der Waals surface area contributed by atoms with Crippen molar-refractivity contribution in [2.45, 2.75) is 25.4 Å². The van der Waals surface area contributed by atoms with Gasteiger partial charge in [-0.3, -0.25) is 10.1 Å². The Labute approximate surface area is 202 Å². The number of hydrogen-bond acceptors (Lipinski definition) is 5. The normalized spacial score (nSPS) is 12.9. The number of aliphatic hydroxyl groups is 1. The Hall–Kier alpha value is -4.17. The molecular formula is C27H26N2O6. The molecule has 8 nitrogen and oxygen atoms in total. The number of carboxylic acid groups (broad SMARTS) is 1. The molecule has 1 atom stereocenters. The van der Waals surface area contributed by atoms with Crippen LogP contribution in [0.4, 0.5) is 10.5 Å². The van der Waals surface area contributed by atoms with E-state index in [4.69, 9.17) is 9.84 Å².